The fourth-order valence-electron chi connectivity index (χ4n) is 2.57. The van der Waals surface area contributed by atoms with Crippen LogP contribution in [0.4, 0.5) is 5.69 Å². The predicted octanol–water partition coefficient (Wildman–Crippen LogP) is 4.46. The zero-order valence-electron chi connectivity index (χ0n) is 10.3. The average Bonchev–Trinajstić information content (AvgIpc) is 2.83. The maximum absolute atomic E-state index is 10.0. The van der Waals surface area contributed by atoms with Gasteiger partial charge in [0.05, 0.1) is 6.10 Å². The van der Waals surface area contributed by atoms with Crippen LogP contribution in [0.3, 0.4) is 0 Å². The minimum atomic E-state index is -0.279. The van der Waals surface area contributed by atoms with Gasteiger partial charge in [0.1, 0.15) is 0 Å². The first-order valence-corrected chi connectivity index (χ1v) is 7.69. The van der Waals surface area contributed by atoms with Crippen LogP contribution >= 0.6 is 27.5 Å². The van der Waals surface area contributed by atoms with E-state index in [1.54, 1.807) is 0 Å². The fraction of sp³-hybridized carbons (Fsp3) is 0.571. The zero-order chi connectivity index (χ0) is 13.0. The number of hydrogen-bond donors (Lipinski definition) is 2. The van der Waals surface area contributed by atoms with E-state index in [9.17, 15) is 5.11 Å². The molecule has 1 saturated carbocycles. The van der Waals surface area contributed by atoms with Crippen LogP contribution in [0.15, 0.2) is 22.7 Å². The number of aliphatic hydroxyl groups excluding tert-OH is 1. The molecule has 4 heteroatoms. The molecule has 0 heterocycles. The first kappa shape index (κ1) is 14.2. The summed E-state index contributed by atoms with van der Waals surface area (Å²) in [6.07, 6.45) is 5.83. The van der Waals surface area contributed by atoms with Crippen molar-refractivity contribution in [3.05, 3.63) is 27.7 Å². The second-order valence-corrected chi connectivity index (χ2v) is 6.34. The van der Waals surface area contributed by atoms with Gasteiger partial charge < -0.3 is 10.4 Å². The lowest BCUT2D eigenvalue weighted by atomic mass is 10.00. The highest BCUT2D eigenvalue weighted by atomic mass is 79.9. The Morgan fingerprint density at radius 2 is 2.11 bits per heavy atom. The molecule has 1 fully saturated rings. The number of nitrogens with one attached hydrogen (secondary N) is 1. The topological polar surface area (TPSA) is 32.3 Å². The predicted molar refractivity (Wildman–Crippen MR) is 80.2 cm³/mol. The van der Waals surface area contributed by atoms with E-state index in [2.05, 4.69) is 21.2 Å². The summed E-state index contributed by atoms with van der Waals surface area (Å²) in [7, 11) is 0. The first-order chi connectivity index (χ1) is 8.65. The SMILES string of the molecule is OC(CNc1cc(Cl)ccc1Br)CC1CCCC1. The summed E-state index contributed by atoms with van der Waals surface area (Å²) in [4.78, 5) is 0. The van der Waals surface area contributed by atoms with Crippen LogP contribution < -0.4 is 5.32 Å². The minimum absolute atomic E-state index is 0.279. The molecular weight excluding hydrogens is 314 g/mol. The molecule has 1 aliphatic rings. The van der Waals surface area contributed by atoms with Gasteiger partial charge in [0.2, 0.25) is 0 Å². The molecule has 0 aromatic heterocycles. The minimum Gasteiger partial charge on any atom is -0.391 e. The Morgan fingerprint density at radius 1 is 1.39 bits per heavy atom. The third-order valence-electron chi connectivity index (χ3n) is 3.54. The highest BCUT2D eigenvalue weighted by molar-refractivity contribution is 9.10. The van der Waals surface area contributed by atoms with E-state index in [0.717, 1.165) is 16.6 Å². The Morgan fingerprint density at radius 3 is 2.83 bits per heavy atom. The van der Waals surface area contributed by atoms with Crippen molar-refractivity contribution >= 4 is 33.2 Å². The van der Waals surface area contributed by atoms with Gasteiger partial charge in [-0.25, -0.2) is 0 Å². The molecule has 0 bridgehead atoms. The van der Waals surface area contributed by atoms with Crippen LogP contribution in [0, 0.1) is 5.92 Å². The lowest BCUT2D eigenvalue weighted by Gasteiger charge is -2.17. The second kappa shape index (κ2) is 6.78. The van der Waals surface area contributed by atoms with Gasteiger partial charge >= 0.3 is 0 Å². The molecule has 1 aromatic carbocycles. The van der Waals surface area contributed by atoms with Crippen molar-refractivity contribution in [2.24, 2.45) is 5.92 Å². The van der Waals surface area contributed by atoms with Crippen LogP contribution in [0.1, 0.15) is 32.1 Å². The van der Waals surface area contributed by atoms with E-state index in [0.29, 0.717) is 17.5 Å². The van der Waals surface area contributed by atoms with Crippen LogP contribution in [-0.2, 0) is 0 Å². The molecule has 0 radical (unpaired) electrons. The van der Waals surface area contributed by atoms with Gasteiger partial charge in [-0.3, -0.25) is 0 Å². The molecule has 0 saturated heterocycles. The van der Waals surface area contributed by atoms with Crippen molar-refractivity contribution in [1.29, 1.82) is 0 Å². The monoisotopic (exact) mass is 331 g/mol. The number of anilines is 1. The average molecular weight is 333 g/mol. The highest BCUT2D eigenvalue weighted by Gasteiger charge is 2.18. The van der Waals surface area contributed by atoms with Crippen LogP contribution in [0.25, 0.3) is 0 Å². The van der Waals surface area contributed by atoms with Gasteiger partial charge in [0.25, 0.3) is 0 Å². The van der Waals surface area contributed by atoms with Gasteiger partial charge in [0, 0.05) is 21.7 Å². The molecule has 18 heavy (non-hydrogen) atoms. The lowest BCUT2D eigenvalue weighted by molar-refractivity contribution is 0.155. The van der Waals surface area contributed by atoms with Gasteiger partial charge in [-0.05, 0) is 46.5 Å². The number of aliphatic hydroxyl groups is 1. The normalized spacial score (nSPS) is 17.9. The quantitative estimate of drug-likeness (QED) is 0.834. The van der Waals surface area contributed by atoms with Gasteiger partial charge in [-0.15, -0.1) is 0 Å². The molecule has 1 aromatic rings. The van der Waals surface area contributed by atoms with Crippen LogP contribution in [0.5, 0.6) is 0 Å². The zero-order valence-corrected chi connectivity index (χ0v) is 12.7. The van der Waals surface area contributed by atoms with E-state index < -0.39 is 0 Å². The molecule has 1 unspecified atom stereocenters. The molecule has 100 valence electrons. The summed E-state index contributed by atoms with van der Waals surface area (Å²) < 4.78 is 0.972. The van der Waals surface area contributed by atoms with Crippen LogP contribution in [0.2, 0.25) is 5.02 Å². The molecule has 2 rings (SSSR count). The Balaban J connectivity index is 1.81. The standard InChI is InChI=1S/C14H19BrClNO/c15-13-6-5-11(16)8-14(13)17-9-12(18)7-10-3-1-2-4-10/h5-6,8,10,12,17-18H,1-4,7,9H2. The third kappa shape index (κ3) is 4.15. The van der Waals surface area contributed by atoms with Gasteiger partial charge in [-0.1, -0.05) is 37.3 Å². The second-order valence-electron chi connectivity index (χ2n) is 5.05. The number of hydrogen-bond acceptors (Lipinski definition) is 2. The third-order valence-corrected chi connectivity index (χ3v) is 4.46. The fourth-order valence-corrected chi connectivity index (χ4v) is 3.13. The van der Waals surface area contributed by atoms with E-state index >= 15 is 0 Å². The molecular formula is C14H19BrClNO. The van der Waals surface area contributed by atoms with E-state index in [-0.39, 0.29) is 6.10 Å². The van der Waals surface area contributed by atoms with Gasteiger partial charge in [-0.2, -0.15) is 0 Å². The van der Waals surface area contributed by atoms with Crippen molar-refractivity contribution < 1.29 is 5.11 Å². The van der Waals surface area contributed by atoms with Crippen molar-refractivity contribution in [3.63, 3.8) is 0 Å². The van der Waals surface area contributed by atoms with Crippen LogP contribution in [-0.4, -0.2) is 17.8 Å². The molecule has 0 amide bonds. The summed E-state index contributed by atoms with van der Waals surface area (Å²) in [6, 6.07) is 5.62. The summed E-state index contributed by atoms with van der Waals surface area (Å²) in [5, 5.41) is 14.0. The molecule has 0 aliphatic heterocycles. The number of halogens is 2. The molecule has 0 spiro atoms. The van der Waals surface area contributed by atoms with Crippen molar-refractivity contribution in [2.75, 3.05) is 11.9 Å². The first-order valence-electron chi connectivity index (χ1n) is 6.52. The van der Waals surface area contributed by atoms with Gasteiger partial charge in [0.15, 0.2) is 0 Å². The molecule has 1 aliphatic carbocycles. The van der Waals surface area contributed by atoms with Crippen molar-refractivity contribution in [1.82, 2.24) is 0 Å². The highest BCUT2D eigenvalue weighted by Crippen LogP contribution is 2.29. The lowest BCUT2D eigenvalue weighted by Crippen LogP contribution is -2.22. The Hall–Kier alpha value is -0.250. The largest absolute Gasteiger partial charge is 0.391 e. The summed E-state index contributed by atoms with van der Waals surface area (Å²) in [5.74, 6) is 0.713. The summed E-state index contributed by atoms with van der Waals surface area (Å²) in [5.41, 5.74) is 0.938. The maximum Gasteiger partial charge on any atom is 0.0715 e. The number of rotatable bonds is 5. The van der Waals surface area contributed by atoms with E-state index in [1.165, 1.54) is 25.7 Å². The van der Waals surface area contributed by atoms with Crippen molar-refractivity contribution in [3.8, 4) is 0 Å². The Kier molecular flexibility index (Phi) is 5.34. The smallest absolute Gasteiger partial charge is 0.0715 e. The molecule has 1 atom stereocenters. The van der Waals surface area contributed by atoms with E-state index in [1.807, 2.05) is 18.2 Å². The van der Waals surface area contributed by atoms with E-state index in [4.69, 9.17) is 11.6 Å². The number of benzene rings is 1. The Bertz CT molecular complexity index is 393. The molecule has 2 nitrogen and oxygen atoms in total. The Labute approximate surface area is 122 Å². The maximum atomic E-state index is 10.0. The molecule has 2 N–H and O–H groups in total. The summed E-state index contributed by atoms with van der Waals surface area (Å²) >= 11 is 9.41. The van der Waals surface area contributed by atoms with Crippen molar-refractivity contribution in [2.45, 2.75) is 38.2 Å². The summed E-state index contributed by atoms with van der Waals surface area (Å²) in [6.45, 7) is 0.579.